The van der Waals surface area contributed by atoms with Crippen molar-refractivity contribution in [2.24, 2.45) is 5.16 Å². The lowest BCUT2D eigenvalue weighted by Crippen LogP contribution is -2.45. The number of aromatic nitrogens is 2. The standard InChI is InChI=1S/C9H15N5O/c1-4-14-6-13(2)8-7(10-5-11-8)9(14)12-15-3/h5H,4,6H2,1-3H3,(H,10,11). The molecule has 0 fully saturated rings. The van der Waals surface area contributed by atoms with E-state index in [4.69, 9.17) is 4.84 Å². The second-order valence-corrected chi connectivity index (χ2v) is 3.39. The number of amidine groups is 1. The van der Waals surface area contributed by atoms with E-state index in [9.17, 15) is 0 Å². The molecule has 1 aliphatic heterocycles. The first-order valence-corrected chi connectivity index (χ1v) is 4.89. The number of fused-ring (bicyclic) bond motifs is 1. The summed E-state index contributed by atoms with van der Waals surface area (Å²) in [6, 6.07) is 0. The predicted octanol–water partition coefficient (Wildman–Crippen LogP) is 0.447. The molecule has 6 heteroatoms. The van der Waals surface area contributed by atoms with Gasteiger partial charge in [0, 0.05) is 13.6 Å². The van der Waals surface area contributed by atoms with Crippen LogP contribution in [0.4, 0.5) is 5.82 Å². The highest BCUT2D eigenvalue weighted by Crippen LogP contribution is 2.22. The van der Waals surface area contributed by atoms with Crippen molar-refractivity contribution in [3.8, 4) is 0 Å². The number of H-pyrrole nitrogens is 1. The first-order chi connectivity index (χ1) is 7.27. The molecule has 15 heavy (non-hydrogen) atoms. The maximum absolute atomic E-state index is 4.85. The Hall–Kier alpha value is -1.72. The van der Waals surface area contributed by atoms with Crippen LogP contribution in [0, 0.1) is 0 Å². The lowest BCUT2D eigenvalue weighted by Gasteiger charge is -2.34. The van der Waals surface area contributed by atoms with Gasteiger partial charge in [0.2, 0.25) is 0 Å². The van der Waals surface area contributed by atoms with E-state index in [0.717, 1.165) is 30.6 Å². The summed E-state index contributed by atoms with van der Waals surface area (Å²) in [5, 5.41) is 4.03. The van der Waals surface area contributed by atoms with Crippen molar-refractivity contribution in [2.45, 2.75) is 6.92 Å². The quantitative estimate of drug-likeness (QED) is 0.718. The van der Waals surface area contributed by atoms with Gasteiger partial charge >= 0.3 is 0 Å². The lowest BCUT2D eigenvalue weighted by atomic mass is 10.3. The predicted molar refractivity (Wildman–Crippen MR) is 57.8 cm³/mol. The van der Waals surface area contributed by atoms with Crippen LogP contribution in [0.15, 0.2) is 11.5 Å². The molecule has 1 aromatic rings. The zero-order chi connectivity index (χ0) is 10.8. The number of oxime groups is 1. The van der Waals surface area contributed by atoms with E-state index >= 15 is 0 Å². The fraction of sp³-hybridized carbons (Fsp3) is 0.556. The van der Waals surface area contributed by atoms with E-state index in [-0.39, 0.29) is 0 Å². The highest BCUT2D eigenvalue weighted by Gasteiger charge is 2.27. The maximum Gasteiger partial charge on any atom is 0.197 e. The molecular formula is C9H15N5O. The third-order valence-corrected chi connectivity index (χ3v) is 2.45. The summed E-state index contributed by atoms with van der Waals surface area (Å²) in [6.07, 6.45) is 1.67. The van der Waals surface area contributed by atoms with Crippen LogP contribution < -0.4 is 4.90 Å². The molecule has 0 unspecified atom stereocenters. The highest BCUT2D eigenvalue weighted by atomic mass is 16.6. The summed E-state index contributed by atoms with van der Waals surface area (Å²) in [6.45, 7) is 3.74. The first-order valence-electron chi connectivity index (χ1n) is 4.89. The van der Waals surface area contributed by atoms with Crippen LogP contribution in [-0.4, -0.2) is 48.1 Å². The van der Waals surface area contributed by atoms with Gasteiger partial charge in [-0.15, -0.1) is 0 Å². The van der Waals surface area contributed by atoms with Crippen LogP contribution in [-0.2, 0) is 4.84 Å². The van der Waals surface area contributed by atoms with Gasteiger partial charge in [-0.3, -0.25) is 0 Å². The average Bonchev–Trinajstić information content (AvgIpc) is 2.71. The van der Waals surface area contributed by atoms with E-state index in [2.05, 4.69) is 31.8 Å². The van der Waals surface area contributed by atoms with E-state index in [1.165, 1.54) is 0 Å². The van der Waals surface area contributed by atoms with Gasteiger partial charge in [-0.05, 0) is 6.92 Å². The Morgan fingerprint density at radius 1 is 1.67 bits per heavy atom. The van der Waals surface area contributed by atoms with E-state index < -0.39 is 0 Å². The number of nitrogens with zero attached hydrogens (tertiary/aromatic N) is 4. The number of hydrogen-bond donors (Lipinski definition) is 1. The second kappa shape index (κ2) is 3.80. The normalized spacial score (nSPS) is 18.2. The van der Waals surface area contributed by atoms with Crippen LogP contribution in [0.5, 0.6) is 0 Å². The Kier molecular flexibility index (Phi) is 2.49. The number of anilines is 1. The maximum atomic E-state index is 4.85. The van der Waals surface area contributed by atoms with Crippen LogP contribution in [0.25, 0.3) is 0 Å². The smallest absolute Gasteiger partial charge is 0.197 e. The molecule has 2 heterocycles. The number of rotatable bonds is 2. The zero-order valence-electron chi connectivity index (χ0n) is 9.19. The molecule has 2 rings (SSSR count). The molecule has 82 valence electrons. The lowest BCUT2D eigenvalue weighted by molar-refractivity contribution is 0.205. The summed E-state index contributed by atoms with van der Waals surface area (Å²) in [5.41, 5.74) is 0.910. The van der Waals surface area contributed by atoms with Crippen LogP contribution in [0.2, 0.25) is 0 Å². The molecule has 0 saturated carbocycles. The molecule has 1 N–H and O–H groups in total. The molecular weight excluding hydrogens is 194 g/mol. The molecule has 0 radical (unpaired) electrons. The van der Waals surface area contributed by atoms with Crippen LogP contribution in [0.1, 0.15) is 12.6 Å². The van der Waals surface area contributed by atoms with Gasteiger partial charge in [-0.1, -0.05) is 5.16 Å². The summed E-state index contributed by atoms with van der Waals surface area (Å²) >= 11 is 0. The van der Waals surface area contributed by atoms with Crippen LogP contribution in [0.3, 0.4) is 0 Å². The molecule has 0 atom stereocenters. The Balaban J connectivity index is 2.44. The molecule has 0 aromatic carbocycles. The van der Waals surface area contributed by atoms with Crippen molar-refractivity contribution in [2.75, 3.05) is 32.3 Å². The minimum atomic E-state index is 0.774. The molecule has 1 aliphatic rings. The third kappa shape index (κ3) is 1.51. The second-order valence-electron chi connectivity index (χ2n) is 3.39. The minimum absolute atomic E-state index is 0.774. The van der Waals surface area contributed by atoms with Crippen molar-refractivity contribution in [1.82, 2.24) is 14.9 Å². The molecule has 0 aliphatic carbocycles. The Labute approximate surface area is 88.5 Å². The molecule has 0 amide bonds. The van der Waals surface area contributed by atoms with E-state index in [0.29, 0.717) is 0 Å². The van der Waals surface area contributed by atoms with Gasteiger partial charge in [0.25, 0.3) is 0 Å². The average molecular weight is 209 g/mol. The van der Waals surface area contributed by atoms with Gasteiger partial charge < -0.3 is 19.6 Å². The number of hydrogen-bond acceptors (Lipinski definition) is 4. The van der Waals surface area contributed by atoms with Crippen molar-refractivity contribution >= 4 is 11.7 Å². The van der Waals surface area contributed by atoms with E-state index in [1.807, 2.05) is 7.05 Å². The molecule has 0 saturated heterocycles. The van der Waals surface area contributed by atoms with Gasteiger partial charge in [-0.25, -0.2) is 4.98 Å². The third-order valence-electron chi connectivity index (χ3n) is 2.45. The van der Waals surface area contributed by atoms with E-state index in [1.54, 1.807) is 13.4 Å². The first kappa shape index (κ1) is 9.82. The summed E-state index contributed by atoms with van der Waals surface area (Å²) in [4.78, 5) is 16.4. The van der Waals surface area contributed by atoms with Crippen LogP contribution >= 0.6 is 0 Å². The van der Waals surface area contributed by atoms with Crippen molar-refractivity contribution < 1.29 is 4.84 Å². The van der Waals surface area contributed by atoms with Gasteiger partial charge in [-0.2, -0.15) is 0 Å². The number of nitrogens with one attached hydrogen (secondary N) is 1. The van der Waals surface area contributed by atoms with Gasteiger partial charge in [0.05, 0.1) is 13.0 Å². The monoisotopic (exact) mass is 209 g/mol. The van der Waals surface area contributed by atoms with Crippen molar-refractivity contribution in [1.29, 1.82) is 0 Å². The summed E-state index contributed by atoms with van der Waals surface area (Å²) in [7, 11) is 3.56. The van der Waals surface area contributed by atoms with Crippen molar-refractivity contribution in [3.05, 3.63) is 12.0 Å². The Bertz CT molecular complexity index is 372. The largest absolute Gasteiger partial charge is 0.397 e. The molecule has 1 aromatic heterocycles. The zero-order valence-corrected chi connectivity index (χ0v) is 9.19. The topological polar surface area (TPSA) is 56.8 Å². The number of imidazole rings is 1. The van der Waals surface area contributed by atoms with Crippen molar-refractivity contribution in [3.63, 3.8) is 0 Å². The molecule has 6 nitrogen and oxygen atoms in total. The van der Waals surface area contributed by atoms with Gasteiger partial charge in [0.15, 0.2) is 11.7 Å². The fourth-order valence-electron chi connectivity index (χ4n) is 1.73. The minimum Gasteiger partial charge on any atom is -0.397 e. The molecule has 0 bridgehead atoms. The SMILES string of the molecule is CCN1CN(C)c2nc[nH]c2C1=NOC. The summed E-state index contributed by atoms with van der Waals surface area (Å²) < 4.78 is 0. The fourth-order valence-corrected chi connectivity index (χ4v) is 1.73. The Morgan fingerprint density at radius 3 is 3.13 bits per heavy atom. The Morgan fingerprint density at radius 2 is 2.47 bits per heavy atom. The summed E-state index contributed by atoms with van der Waals surface area (Å²) in [5.74, 6) is 1.72. The number of aromatic amines is 1. The highest BCUT2D eigenvalue weighted by molar-refractivity contribution is 6.02. The molecule has 0 spiro atoms. The van der Waals surface area contributed by atoms with Gasteiger partial charge in [0.1, 0.15) is 12.8 Å².